The summed E-state index contributed by atoms with van der Waals surface area (Å²) in [6, 6.07) is 19.6. The minimum Gasteiger partial charge on any atom is -0.339 e. The van der Waals surface area contributed by atoms with Gasteiger partial charge in [-0.3, -0.25) is 4.79 Å². The Labute approximate surface area is 202 Å². The van der Waals surface area contributed by atoms with Gasteiger partial charge in [0.15, 0.2) is 5.11 Å². The molecule has 0 radical (unpaired) electrons. The molecule has 0 saturated heterocycles. The lowest BCUT2D eigenvalue weighted by molar-refractivity contribution is -0.121. The standard InChI is InChI=1S/C23H22Cl3N3OS/c1-14-10-11-19(15(2)12-14)27-22(31)29-21(23(24,25)26)28-20(30)13-17-8-5-7-16-6-3-4-9-18(16)17/h3-12,21H,13H2,1-2H3,(H,28,30)(H2,27,29,31)/t21-/m1/s1. The van der Waals surface area contributed by atoms with E-state index in [2.05, 4.69) is 16.0 Å². The van der Waals surface area contributed by atoms with Gasteiger partial charge in [0, 0.05) is 5.69 Å². The number of alkyl halides is 3. The molecule has 0 bridgehead atoms. The van der Waals surface area contributed by atoms with Crippen LogP contribution in [0.15, 0.2) is 60.7 Å². The fourth-order valence-electron chi connectivity index (χ4n) is 3.27. The van der Waals surface area contributed by atoms with Gasteiger partial charge >= 0.3 is 0 Å². The number of anilines is 1. The van der Waals surface area contributed by atoms with Gasteiger partial charge in [-0.25, -0.2) is 0 Å². The number of amides is 1. The van der Waals surface area contributed by atoms with Gasteiger partial charge < -0.3 is 16.0 Å². The highest BCUT2D eigenvalue weighted by Crippen LogP contribution is 2.29. The van der Waals surface area contributed by atoms with E-state index in [4.69, 9.17) is 47.0 Å². The minimum absolute atomic E-state index is 0.136. The zero-order chi connectivity index (χ0) is 22.6. The maximum Gasteiger partial charge on any atom is 0.228 e. The van der Waals surface area contributed by atoms with Crippen LogP contribution < -0.4 is 16.0 Å². The average molecular weight is 495 g/mol. The lowest BCUT2D eigenvalue weighted by Gasteiger charge is -2.28. The maximum atomic E-state index is 12.8. The monoisotopic (exact) mass is 493 g/mol. The molecule has 0 unspecified atom stereocenters. The van der Waals surface area contributed by atoms with Crippen molar-refractivity contribution in [3.63, 3.8) is 0 Å². The molecule has 3 rings (SSSR count). The number of benzene rings is 3. The lowest BCUT2D eigenvalue weighted by atomic mass is 10.0. The maximum absolute atomic E-state index is 12.8. The van der Waals surface area contributed by atoms with Crippen molar-refractivity contribution >= 4 is 74.5 Å². The molecule has 4 nitrogen and oxygen atoms in total. The Morgan fingerprint density at radius 3 is 2.42 bits per heavy atom. The first-order valence-corrected chi connectivity index (χ1v) is 11.1. The smallest absolute Gasteiger partial charge is 0.228 e. The van der Waals surface area contributed by atoms with E-state index in [-0.39, 0.29) is 17.4 Å². The van der Waals surface area contributed by atoms with E-state index in [0.29, 0.717) is 0 Å². The topological polar surface area (TPSA) is 53.2 Å². The van der Waals surface area contributed by atoms with Crippen LogP contribution >= 0.6 is 47.0 Å². The third-order valence-electron chi connectivity index (χ3n) is 4.77. The largest absolute Gasteiger partial charge is 0.339 e. The van der Waals surface area contributed by atoms with Crippen LogP contribution in [0.4, 0.5) is 5.69 Å². The summed E-state index contributed by atoms with van der Waals surface area (Å²) < 4.78 is -1.82. The van der Waals surface area contributed by atoms with Gasteiger partial charge in [-0.2, -0.15) is 0 Å². The van der Waals surface area contributed by atoms with E-state index in [9.17, 15) is 4.79 Å². The molecule has 1 atom stereocenters. The SMILES string of the molecule is Cc1ccc(NC(=S)N[C@@H](NC(=O)Cc2cccc3ccccc23)C(Cl)(Cl)Cl)c(C)c1. The molecule has 8 heteroatoms. The summed E-state index contributed by atoms with van der Waals surface area (Å²) >= 11 is 23.7. The summed E-state index contributed by atoms with van der Waals surface area (Å²) in [5, 5.41) is 11.0. The number of hydrogen-bond donors (Lipinski definition) is 3. The van der Waals surface area contributed by atoms with E-state index in [1.807, 2.05) is 74.5 Å². The number of rotatable bonds is 5. The van der Waals surface area contributed by atoms with Crippen LogP contribution in [-0.4, -0.2) is 21.0 Å². The Morgan fingerprint density at radius 1 is 1.00 bits per heavy atom. The summed E-state index contributed by atoms with van der Waals surface area (Å²) in [6.45, 7) is 3.98. The molecule has 162 valence electrons. The molecular weight excluding hydrogens is 473 g/mol. The van der Waals surface area contributed by atoms with Crippen LogP contribution in [0.2, 0.25) is 0 Å². The first-order valence-electron chi connectivity index (χ1n) is 9.61. The first kappa shape index (κ1) is 23.6. The molecule has 31 heavy (non-hydrogen) atoms. The third kappa shape index (κ3) is 6.47. The van der Waals surface area contributed by atoms with Crippen molar-refractivity contribution in [1.82, 2.24) is 10.6 Å². The van der Waals surface area contributed by atoms with Gasteiger partial charge in [0.25, 0.3) is 0 Å². The molecule has 1 amide bonds. The molecule has 0 spiro atoms. The molecule has 3 N–H and O–H groups in total. The van der Waals surface area contributed by atoms with Crippen LogP contribution in [0.3, 0.4) is 0 Å². The summed E-state index contributed by atoms with van der Waals surface area (Å²) in [5.74, 6) is -0.297. The molecular formula is C23H22Cl3N3OS. The first-order chi connectivity index (χ1) is 14.6. The second-order valence-electron chi connectivity index (χ2n) is 7.27. The van der Waals surface area contributed by atoms with Gasteiger partial charge in [-0.1, -0.05) is 95.0 Å². The molecule has 0 aliphatic rings. The van der Waals surface area contributed by atoms with Gasteiger partial charge in [0.05, 0.1) is 6.42 Å². The van der Waals surface area contributed by atoms with Crippen LogP contribution in [0.25, 0.3) is 10.8 Å². The highest BCUT2D eigenvalue weighted by atomic mass is 35.6. The molecule has 3 aromatic carbocycles. The molecule has 0 aliphatic carbocycles. The Bertz CT molecular complexity index is 1110. The highest BCUT2D eigenvalue weighted by molar-refractivity contribution is 7.80. The van der Waals surface area contributed by atoms with Crippen LogP contribution in [0.1, 0.15) is 16.7 Å². The van der Waals surface area contributed by atoms with E-state index in [1.165, 1.54) is 0 Å². The van der Waals surface area contributed by atoms with Crippen molar-refractivity contribution in [2.24, 2.45) is 0 Å². The number of aryl methyl sites for hydroxylation is 2. The second kappa shape index (κ2) is 10.0. The van der Waals surface area contributed by atoms with Gasteiger partial charge in [0.1, 0.15) is 6.17 Å². The summed E-state index contributed by atoms with van der Waals surface area (Å²) in [6.07, 6.45) is -0.886. The average Bonchev–Trinajstić information content (AvgIpc) is 2.69. The number of carbonyl (C=O) groups is 1. The predicted molar refractivity (Wildman–Crippen MR) is 135 cm³/mol. The molecule has 0 fully saturated rings. The number of thiocarbonyl (C=S) groups is 1. The number of carbonyl (C=O) groups excluding carboxylic acids is 1. The van der Waals surface area contributed by atoms with Crippen molar-refractivity contribution < 1.29 is 4.79 Å². The zero-order valence-corrected chi connectivity index (χ0v) is 20.1. The number of halogens is 3. The van der Waals surface area contributed by atoms with E-state index < -0.39 is 9.96 Å². The Morgan fingerprint density at radius 2 is 1.71 bits per heavy atom. The van der Waals surface area contributed by atoms with Gasteiger partial charge in [0.2, 0.25) is 9.70 Å². The Kier molecular flexibility index (Phi) is 7.65. The number of nitrogens with one attached hydrogen (secondary N) is 3. The predicted octanol–water partition coefficient (Wildman–Crippen LogP) is 5.80. The molecule has 0 heterocycles. The third-order valence-corrected chi connectivity index (χ3v) is 5.64. The minimum atomic E-state index is -1.82. The summed E-state index contributed by atoms with van der Waals surface area (Å²) in [5.41, 5.74) is 3.87. The van der Waals surface area contributed by atoms with Crippen LogP contribution in [-0.2, 0) is 11.2 Å². The van der Waals surface area contributed by atoms with Crippen molar-refractivity contribution in [3.8, 4) is 0 Å². The van der Waals surface area contributed by atoms with Gasteiger partial charge in [-0.15, -0.1) is 0 Å². The molecule has 0 aliphatic heterocycles. The summed E-state index contributed by atoms with van der Waals surface area (Å²) in [4.78, 5) is 12.8. The number of fused-ring (bicyclic) bond motifs is 1. The number of hydrogen-bond acceptors (Lipinski definition) is 2. The van der Waals surface area contributed by atoms with E-state index >= 15 is 0 Å². The van der Waals surface area contributed by atoms with Gasteiger partial charge in [-0.05, 0) is 54.0 Å². The highest BCUT2D eigenvalue weighted by Gasteiger charge is 2.34. The van der Waals surface area contributed by atoms with E-state index in [1.54, 1.807) is 0 Å². The lowest BCUT2D eigenvalue weighted by Crippen LogP contribution is -2.56. The van der Waals surface area contributed by atoms with E-state index in [0.717, 1.165) is 33.2 Å². The normalized spacial score (nSPS) is 12.3. The fraction of sp³-hybridized carbons (Fsp3) is 0.217. The van der Waals surface area contributed by atoms with Crippen LogP contribution in [0.5, 0.6) is 0 Å². The molecule has 3 aromatic rings. The van der Waals surface area contributed by atoms with Crippen molar-refractivity contribution in [2.75, 3.05) is 5.32 Å². The molecule has 0 saturated carbocycles. The second-order valence-corrected chi connectivity index (χ2v) is 10.1. The van der Waals surface area contributed by atoms with Crippen LogP contribution in [0, 0.1) is 13.8 Å². The Balaban J connectivity index is 1.69. The summed E-state index contributed by atoms with van der Waals surface area (Å²) in [7, 11) is 0. The molecule has 0 aromatic heterocycles. The van der Waals surface area contributed by atoms with Crippen molar-refractivity contribution in [3.05, 3.63) is 77.4 Å². The van der Waals surface area contributed by atoms with Crippen molar-refractivity contribution in [1.29, 1.82) is 0 Å². The fourth-order valence-corrected chi connectivity index (χ4v) is 3.83. The zero-order valence-electron chi connectivity index (χ0n) is 17.0. The van der Waals surface area contributed by atoms with Crippen molar-refractivity contribution in [2.45, 2.75) is 30.2 Å². The quantitative estimate of drug-likeness (QED) is 0.238. The Hall–Kier alpha value is -2.05.